The Bertz CT molecular complexity index is 1120. The SMILES string of the molecule is CCC/C(=C\c1ccccc1O)CC[C@H]1OB(O)C[C@H]2C1=C(COC)C[C@H]1C(=O)N(C(=O)OC)C(=O)[C@H]12. The van der Waals surface area contributed by atoms with E-state index < -0.39 is 48.9 Å². The van der Waals surface area contributed by atoms with Crippen LogP contribution >= 0.6 is 0 Å². The molecule has 198 valence electrons. The Labute approximate surface area is 217 Å². The van der Waals surface area contributed by atoms with Crippen molar-refractivity contribution in [2.45, 2.75) is 51.5 Å². The van der Waals surface area contributed by atoms with Gasteiger partial charge in [-0.1, -0.05) is 43.2 Å². The first-order chi connectivity index (χ1) is 17.8. The van der Waals surface area contributed by atoms with E-state index in [1.54, 1.807) is 19.2 Å². The van der Waals surface area contributed by atoms with Gasteiger partial charge in [0.05, 0.1) is 31.7 Å². The molecular formula is C27H34BNO8. The standard InChI is InChI=1S/C27H34BNO8/c1-4-7-16(12-17-8-5-6-9-21(17)30)10-11-22-23-18(15-35-2)13-19-24(20(23)14-28(34)37-22)26(32)29(25(19)31)27(33)36-3/h5-6,8-9,12,19-20,22,24,30,34H,4,7,10-11,13-15H2,1-3H3/b16-12+/t19-,20+,22-,24-/m1/s1. The molecule has 0 aromatic heterocycles. The van der Waals surface area contributed by atoms with Crippen LogP contribution in [-0.4, -0.2) is 67.0 Å². The summed E-state index contributed by atoms with van der Waals surface area (Å²) in [6.45, 7) is 2.35. The van der Waals surface area contributed by atoms with Gasteiger partial charge >= 0.3 is 13.2 Å². The minimum absolute atomic E-state index is 0.157. The number of likely N-dealkylation sites (tertiary alicyclic amines) is 1. The molecule has 0 unspecified atom stereocenters. The Morgan fingerprint density at radius 3 is 2.62 bits per heavy atom. The molecule has 3 aliphatic rings. The van der Waals surface area contributed by atoms with Gasteiger partial charge in [-0.2, -0.15) is 4.90 Å². The molecule has 2 heterocycles. The molecule has 10 heteroatoms. The van der Waals surface area contributed by atoms with Gasteiger partial charge in [-0.25, -0.2) is 4.79 Å². The molecular weight excluding hydrogens is 477 g/mol. The minimum Gasteiger partial charge on any atom is -0.507 e. The van der Waals surface area contributed by atoms with Gasteiger partial charge in [0.25, 0.3) is 0 Å². The first-order valence-corrected chi connectivity index (χ1v) is 12.8. The number of methoxy groups -OCH3 is 2. The Balaban J connectivity index is 1.64. The van der Waals surface area contributed by atoms with Crippen LogP contribution in [0.15, 0.2) is 41.0 Å². The van der Waals surface area contributed by atoms with Crippen LogP contribution in [-0.2, 0) is 23.7 Å². The summed E-state index contributed by atoms with van der Waals surface area (Å²) < 4.78 is 16.1. The smallest absolute Gasteiger partial charge is 0.455 e. The van der Waals surface area contributed by atoms with Crippen molar-refractivity contribution in [3.8, 4) is 5.75 Å². The van der Waals surface area contributed by atoms with Crippen molar-refractivity contribution in [3.63, 3.8) is 0 Å². The van der Waals surface area contributed by atoms with Gasteiger partial charge in [-0.3, -0.25) is 9.59 Å². The molecule has 1 aliphatic carbocycles. The average Bonchev–Trinajstić information content (AvgIpc) is 3.12. The van der Waals surface area contributed by atoms with Gasteiger partial charge in [0.1, 0.15) is 5.75 Å². The van der Waals surface area contributed by atoms with Crippen LogP contribution in [0, 0.1) is 17.8 Å². The molecule has 1 aromatic rings. The van der Waals surface area contributed by atoms with E-state index >= 15 is 0 Å². The third-order valence-corrected chi connectivity index (χ3v) is 7.58. The summed E-state index contributed by atoms with van der Waals surface area (Å²) in [5, 5.41) is 20.9. The number of hydrogen-bond acceptors (Lipinski definition) is 8. The molecule has 2 N–H and O–H groups in total. The molecule has 0 bridgehead atoms. The van der Waals surface area contributed by atoms with Crippen molar-refractivity contribution in [3.05, 3.63) is 46.5 Å². The number of fused-ring (bicyclic) bond motifs is 3. The second-order valence-electron chi connectivity index (χ2n) is 9.88. The molecule has 37 heavy (non-hydrogen) atoms. The summed E-state index contributed by atoms with van der Waals surface area (Å²) in [7, 11) is 1.60. The van der Waals surface area contributed by atoms with Crippen molar-refractivity contribution in [1.82, 2.24) is 4.90 Å². The topological polar surface area (TPSA) is 123 Å². The van der Waals surface area contributed by atoms with E-state index in [2.05, 4.69) is 11.7 Å². The molecule has 0 spiro atoms. The Kier molecular flexibility index (Phi) is 8.51. The number of benzene rings is 1. The Morgan fingerprint density at radius 1 is 1.19 bits per heavy atom. The number of imide groups is 3. The maximum Gasteiger partial charge on any atom is 0.455 e. The average molecular weight is 511 g/mol. The highest BCUT2D eigenvalue weighted by Crippen LogP contribution is 2.50. The molecule has 2 aliphatic heterocycles. The van der Waals surface area contributed by atoms with Crippen molar-refractivity contribution in [2.24, 2.45) is 17.8 Å². The Hall–Kier alpha value is -2.95. The lowest BCUT2D eigenvalue weighted by atomic mass is 9.58. The molecule has 4 atom stereocenters. The normalized spacial score (nSPS) is 25.9. The number of ether oxygens (including phenoxy) is 2. The maximum absolute atomic E-state index is 13.3. The van der Waals surface area contributed by atoms with E-state index in [9.17, 15) is 24.5 Å². The summed E-state index contributed by atoms with van der Waals surface area (Å²) in [5.74, 6) is -2.84. The lowest BCUT2D eigenvalue weighted by Gasteiger charge is -2.43. The van der Waals surface area contributed by atoms with Crippen molar-refractivity contribution >= 4 is 31.1 Å². The van der Waals surface area contributed by atoms with E-state index in [1.807, 2.05) is 18.2 Å². The number of amides is 3. The van der Waals surface area contributed by atoms with Crippen molar-refractivity contribution in [1.29, 1.82) is 0 Å². The number of aromatic hydroxyl groups is 1. The fourth-order valence-electron chi connectivity index (χ4n) is 6.08. The predicted molar refractivity (Wildman–Crippen MR) is 136 cm³/mol. The van der Waals surface area contributed by atoms with E-state index in [0.29, 0.717) is 17.7 Å². The molecule has 1 aromatic carbocycles. The minimum atomic E-state index is -1.10. The molecule has 2 saturated heterocycles. The summed E-state index contributed by atoms with van der Waals surface area (Å²) in [4.78, 5) is 39.1. The first-order valence-electron chi connectivity index (χ1n) is 12.8. The second-order valence-corrected chi connectivity index (χ2v) is 9.88. The highest BCUT2D eigenvalue weighted by molar-refractivity contribution is 6.43. The number of phenols is 1. The van der Waals surface area contributed by atoms with Crippen LogP contribution < -0.4 is 0 Å². The number of allylic oxidation sites excluding steroid dienone is 1. The lowest BCUT2D eigenvalue weighted by Crippen LogP contribution is -2.46. The van der Waals surface area contributed by atoms with Crippen LogP contribution in [0.1, 0.15) is 44.6 Å². The molecule has 2 fully saturated rings. The first kappa shape index (κ1) is 27.1. The summed E-state index contributed by atoms with van der Waals surface area (Å²) >= 11 is 0. The second kappa shape index (κ2) is 11.6. The molecule has 0 saturated carbocycles. The van der Waals surface area contributed by atoms with E-state index in [-0.39, 0.29) is 25.1 Å². The van der Waals surface area contributed by atoms with Crippen LogP contribution in [0.4, 0.5) is 4.79 Å². The van der Waals surface area contributed by atoms with Crippen LogP contribution in [0.5, 0.6) is 5.75 Å². The maximum atomic E-state index is 13.3. The fraction of sp³-hybridized carbons (Fsp3) is 0.519. The summed E-state index contributed by atoms with van der Waals surface area (Å²) in [5.41, 5.74) is 3.64. The van der Waals surface area contributed by atoms with Crippen LogP contribution in [0.2, 0.25) is 6.32 Å². The molecule has 4 rings (SSSR count). The molecule has 9 nitrogen and oxygen atoms in total. The van der Waals surface area contributed by atoms with Gasteiger partial charge in [-0.05, 0) is 55.1 Å². The lowest BCUT2D eigenvalue weighted by molar-refractivity contribution is -0.137. The van der Waals surface area contributed by atoms with Gasteiger partial charge < -0.3 is 24.3 Å². The summed E-state index contributed by atoms with van der Waals surface area (Å²) in [6, 6.07) is 7.16. The highest BCUT2D eigenvalue weighted by Gasteiger charge is 2.59. The Morgan fingerprint density at radius 2 is 1.95 bits per heavy atom. The monoisotopic (exact) mass is 511 g/mol. The number of rotatable bonds is 8. The van der Waals surface area contributed by atoms with Gasteiger partial charge in [0.2, 0.25) is 11.8 Å². The van der Waals surface area contributed by atoms with Crippen LogP contribution in [0.25, 0.3) is 6.08 Å². The number of carbonyl (C=O) groups excluding carboxylic acids is 3. The zero-order valence-electron chi connectivity index (χ0n) is 21.5. The third kappa shape index (κ3) is 5.37. The molecule has 0 radical (unpaired) electrons. The van der Waals surface area contributed by atoms with Crippen LogP contribution in [0.3, 0.4) is 0 Å². The fourth-order valence-corrected chi connectivity index (χ4v) is 6.08. The number of carbonyl (C=O) groups is 3. The van der Waals surface area contributed by atoms with Crippen molar-refractivity contribution in [2.75, 3.05) is 20.8 Å². The molecule has 3 amide bonds. The van der Waals surface area contributed by atoms with Gasteiger partial charge in [-0.15, -0.1) is 0 Å². The highest BCUT2D eigenvalue weighted by atomic mass is 16.5. The summed E-state index contributed by atoms with van der Waals surface area (Å²) in [6.07, 6.45) is 3.95. The van der Waals surface area contributed by atoms with Crippen molar-refractivity contribution < 1.29 is 38.6 Å². The number of phenolic OH excluding ortho intramolecular Hbond substituents is 1. The number of hydrogen-bond donors (Lipinski definition) is 2. The zero-order chi connectivity index (χ0) is 26.7. The zero-order valence-corrected chi connectivity index (χ0v) is 21.5. The predicted octanol–water partition coefficient (Wildman–Crippen LogP) is 3.57. The van der Waals surface area contributed by atoms with E-state index in [1.165, 1.54) is 0 Å². The third-order valence-electron chi connectivity index (χ3n) is 7.58. The number of nitrogens with zero attached hydrogens (tertiary/aromatic N) is 1. The van der Waals surface area contributed by atoms with Gasteiger partial charge in [0, 0.05) is 12.7 Å². The van der Waals surface area contributed by atoms with E-state index in [4.69, 9.17) is 9.39 Å². The van der Waals surface area contributed by atoms with Gasteiger partial charge in [0.15, 0.2) is 0 Å². The quantitative estimate of drug-likeness (QED) is 0.309. The van der Waals surface area contributed by atoms with E-state index in [0.717, 1.165) is 42.2 Å². The number of para-hydroxylation sites is 1. The largest absolute Gasteiger partial charge is 0.507 e.